The van der Waals surface area contributed by atoms with Crippen LogP contribution in [0.15, 0.2) is 69.6 Å². The lowest BCUT2D eigenvalue weighted by molar-refractivity contribution is -0.197. The molecule has 1 N–H and O–H groups in total. The van der Waals surface area contributed by atoms with E-state index in [1.165, 1.54) is 18.2 Å². The van der Waals surface area contributed by atoms with Gasteiger partial charge in [-0.25, -0.2) is 17.8 Å². The largest absolute Gasteiger partial charge is 0.744 e. The molecule has 1 aliphatic carbocycles. The number of hydrogen-bond acceptors (Lipinski definition) is 23. The van der Waals surface area contributed by atoms with Gasteiger partial charge < -0.3 is 75.5 Å². The highest BCUT2D eigenvalue weighted by atomic mass is 32.2. The van der Waals surface area contributed by atoms with Gasteiger partial charge in [0.05, 0.1) is 149 Å². The van der Waals surface area contributed by atoms with Crippen LogP contribution in [0, 0.1) is 0 Å². The van der Waals surface area contributed by atoms with Gasteiger partial charge in [0.25, 0.3) is 21.9 Å². The Balaban J connectivity index is 1.35. The fourth-order valence-electron chi connectivity index (χ4n) is 9.60. The van der Waals surface area contributed by atoms with Crippen molar-refractivity contribution < 1.29 is 106 Å². The summed E-state index contributed by atoms with van der Waals surface area (Å²) in [6, 6.07) is 11.8. The van der Waals surface area contributed by atoms with Crippen LogP contribution >= 0.6 is 0 Å². The highest BCUT2D eigenvalue weighted by molar-refractivity contribution is 7.86. The number of nitrogens with zero attached hydrogens (tertiary/aromatic N) is 3. The smallest absolute Gasteiger partial charge is 0.333 e. The molecule has 2 amide bonds. The van der Waals surface area contributed by atoms with E-state index in [4.69, 9.17) is 66.1 Å². The molecule has 1 fully saturated rings. The van der Waals surface area contributed by atoms with Crippen molar-refractivity contribution in [1.29, 1.82) is 0 Å². The van der Waals surface area contributed by atoms with Crippen LogP contribution in [0.2, 0.25) is 0 Å². The number of fused-ring (bicyclic) bond motifs is 2. The average Bonchev–Trinajstić information content (AvgIpc) is 1.57. The molecule has 0 aromatic heterocycles. The molecule has 28 heteroatoms. The third-order valence-corrected chi connectivity index (χ3v) is 15.9. The third-order valence-electron chi connectivity index (χ3n) is 14.3. The molecule has 1 atom stereocenters. The summed E-state index contributed by atoms with van der Waals surface area (Å²) in [4.78, 5) is 43.9. The van der Waals surface area contributed by atoms with Crippen molar-refractivity contribution in [3.63, 3.8) is 0 Å². The Labute approximate surface area is 529 Å². The molecule has 0 radical (unpaired) electrons. The minimum atomic E-state index is -4.95. The summed E-state index contributed by atoms with van der Waals surface area (Å²) < 4.78 is 146. The predicted octanol–water partition coefficient (Wildman–Crippen LogP) is 4.55. The second kappa shape index (κ2) is 40.1. The van der Waals surface area contributed by atoms with Crippen molar-refractivity contribution in [2.45, 2.75) is 81.9 Å². The van der Waals surface area contributed by atoms with Crippen LogP contribution < -0.4 is 14.8 Å². The van der Waals surface area contributed by atoms with E-state index in [1.54, 1.807) is 19.1 Å². The number of rotatable bonds is 48. The summed E-state index contributed by atoms with van der Waals surface area (Å²) in [5.74, 6) is -1.41. The number of hydroxylamine groups is 2. The number of methoxy groups -OCH3 is 2. The van der Waals surface area contributed by atoms with E-state index in [2.05, 4.69) is 4.58 Å². The normalized spacial score (nSPS) is 16.0. The number of allylic oxidation sites excluding steroid dienone is 3. The van der Waals surface area contributed by atoms with Crippen molar-refractivity contribution in [2.24, 2.45) is 0 Å². The van der Waals surface area contributed by atoms with Gasteiger partial charge in [0.1, 0.15) is 34.9 Å². The van der Waals surface area contributed by atoms with Gasteiger partial charge in [-0.05, 0) is 73.7 Å². The molecule has 90 heavy (non-hydrogen) atoms. The topological polar surface area (TPSA) is 305 Å². The molecule has 1 aromatic rings. The molecule has 0 bridgehead atoms. The van der Waals surface area contributed by atoms with E-state index in [0.717, 1.165) is 16.5 Å². The second-order valence-corrected chi connectivity index (χ2v) is 25.1. The predicted molar refractivity (Wildman–Crippen MR) is 329 cm³/mol. The standard InChI is InChI=1S/C62H93N3O23S2/c1-61(2,3)57-46-49(10-7-11-56-62(4,19-8-12-60(68)88-65-58(66)17-18-59(65)67)53-48-51(90(72,73)74)14-16-54(53)64(56)20-9-45-89(69,70)71)52-15-13-50(47-55(52)87-57)63(21-23-77-29-31-81-37-39-85-43-41-83-35-33-79-27-25-75-5)22-24-78-30-32-82-38-40-86-44-42-84-36-34-80-28-26-76-6/h7,10-11,13-16,46-48H,8-9,12,17-45H2,1-6H3,(H-,69,70,71,72,73,74). The molecule has 1 unspecified atom stereocenters. The molecular weight excluding hydrogens is 1220 g/mol. The Morgan fingerprint density at radius 3 is 1.60 bits per heavy atom. The Bertz CT molecular complexity index is 2940. The van der Waals surface area contributed by atoms with Crippen molar-refractivity contribution in [2.75, 3.05) is 190 Å². The van der Waals surface area contributed by atoms with Crippen LogP contribution in [0.1, 0.15) is 83.1 Å². The molecule has 0 saturated carbocycles. The number of carbonyl (C=O) groups is 3. The number of hydrogen-bond donors (Lipinski definition) is 1. The van der Waals surface area contributed by atoms with Crippen molar-refractivity contribution in [3.8, 4) is 11.3 Å². The summed E-state index contributed by atoms with van der Waals surface area (Å²) in [6.45, 7) is 18.6. The molecule has 0 spiro atoms. The van der Waals surface area contributed by atoms with Gasteiger partial charge in [0.15, 0.2) is 13.1 Å². The molecule has 1 aromatic carbocycles. The first-order valence-electron chi connectivity index (χ1n) is 30.4. The first-order chi connectivity index (χ1) is 43.2. The zero-order valence-electron chi connectivity index (χ0n) is 53.0. The van der Waals surface area contributed by atoms with Gasteiger partial charge in [-0.1, -0.05) is 32.9 Å². The minimum absolute atomic E-state index is 0.0374. The number of amides is 2. The van der Waals surface area contributed by atoms with Crippen molar-refractivity contribution in [1.82, 2.24) is 9.64 Å². The van der Waals surface area contributed by atoms with Crippen LogP contribution in [-0.2, 0) is 107 Å². The molecule has 1 saturated heterocycles. The number of benzene rings is 2. The maximum absolute atomic E-state index is 13.0. The highest BCUT2D eigenvalue weighted by Crippen LogP contribution is 2.51. The van der Waals surface area contributed by atoms with E-state index in [0.29, 0.717) is 192 Å². The van der Waals surface area contributed by atoms with Crippen LogP contribution in [0.4, 0.5) is 5.69 Å². The number of carbonyl (C=O) groups excluding carboxylic acids is 3. The van der Waals surface area contributed by atoms with Gasteiger partial charge in [-0.2, -0.15) is 8.42 Å². The highest BCUT2D eigenvalue weighted by Gasteiger charge is 2.44. The summed E-state index contributed by atoms with van der Waals surface area (Å²) in [5, 5.41) is 1.31. The number of anilines is 1. The van der Waals surface area contributed by atoms with Gasteiger partial charge in [0.2, 0.25) is 5.36 Å². The maximum Gasteiger partial charge on any atom is 0.333 e. The van der Waals surface area contributed by atoms with E-state index in [1.807, 2.05) is 70.2 Å². The second-order valence-electron chi connectivity index (χ2n) is 22.2. The Morgan fingerprint density at radius 1 is 0.667 bits per heavy atom. The molecule has 3 aliphatic heterocycles. The molecule has 5 rings (SSSR count). The van der Waals surface area contributed by atoms with Crippen LogP contribution in [0.5, 0.6) is 0 Å². The minimum Gasteiger partial charge on any atom is -0.744 e. The molecule has 4 aliphatic rings. The molecule has 3 heterocycles. The zero-order valence-corrected chi connectivity index (χ0v) is 54.6. The van der Waals surface area contributed by atoms with Gasteiger partial charge >= 0.3 is 5.97 Å². The number of imide groups is 1. The van der Waals surface area contributed by atoms with E-state index < -0.39 is 59.5 Å². The lowest BCUT2D eigenvalue weighted by Gasteiger charge is -2.30. The zero-order chi connectivity index (χ0) is 65.3. The van der Waals surface area contributed by atoms with Crippen LogP contribution in [0.3, 0.4) is 0 Å². The van der Waals surface area contributed by atoms with E-state index >= 15 is 0 Å². The third kappa shape index (κ3) is 26.8. The van der Waals surface area contributed by atoms with Crippen molar-refractivity contribution >= 4 is 49.8 Å². The van der Waals surface area contributed by atoms with Gasteiger partial charge in [0, 0.05) is 73.9 Å². The fourth-order valence-corrected chi connectivity index (χ4v) is 10.6. The van der Waals surface area contributed by atoms with E-state index in [-0.39, 0.29) is 45.1 Å². The molecule has 26 nitrogen and oxygen atoms in total. The Hall–Kier alpha value is -5.12. The average molecular weight is 1310 g/mol. The summed E-state index contributed by atoms with van der Waals surface area (Å²) in [6.07, 6.45) is 5.35. The van der Waals surface area contributed by atoms with Crippen molar-refractivity contribution in [3.05, 3.63) is 82.6 Å². The summed E-state index contributed by atoms with van der Waals surface area (Å²) in [5.41, 5.74) is 1.44. The molecule has 506 valence electrons. The maximum atomic E-state index is 13.0. The Kier molecular flexibility index (Phi) is 33.7. The lowest BCUT2D eigenvalue weighted by Crippen LogP contribution is -2.36. The van der Waals surface area contributed by atoms with Gasteiger partial charge in [-0.15, -0.1) is 5.06 Å². The lowest BCUT2D eigenvalue weighted by atomic mass is 9.77. The number of ether oxygens (including phenoxy) is 12. The van der Waals surface area contributed by atoms with Crippen LogP contribution in [0.25, 0.3) is 17.4 Å². The molecular formula is C62H93N3O23S2. The summed E-state index contributed by atoms with van der Waals surface area (Å²) in [7, 11) is -6.08. The SMILES string of the molecule is COCCOCCOCCOCCOCCOCC[N+](CCOCCOCCOCCOCCOCCOC)=c1ccc2c(/C=C/C=C3\N(CCCS(=O)(=O)O)c4ccc(S(=O)(=O)[O-])cc4C3(C)CCCC(=O)ON3C(=O)CCC3=O)cc(C(C)(C)C)oc-2c1. The quantitative estimate of drug-likeness (QED) is 0.0351. The first kappa shape index (κ1) is 75.6. The van der Waals surface area contributed by atoms with Crippen LogP contribution in [-0.4, -0.2) is 234 Å². The van der Waals surface area contributed by atoms with E-state index in [9.17, 15) is 40.3 Å². The fraction of sp³-hybridized carbons (Fsp3) is 0.645. The Morgan fingerprint density at radius 2 is 1.14 bits per heavy atom. The van der Waals surface area contributed by atoms with Gasteiger partial charge in [-0.3, -0.25) is 14.1 Å². The monoisotopic (exact) mass is 1310 g/mol. The first-order valence-corrected chi connectivity index (χ1v) is 33.4. The summed E-state index contributed by atoms with van der Waals surface area (Å²) >= 11 is 0.